The fraction of sp³-hybridized carbons (Fsp3) is 0.600. The highest BCUT2D eigenvalue weighted by Crippen LogP contribution is 2.31. The van der Waals surface area contributed by atoms with Gasteiger partial charge in [-0.2, -0.15) is 0 Å². The van der Waals surface area contributed by atoms with Crippen molar-refractivity contribution in [2.24, 2.45) is 0 Å². The quantitative estimate of drug-likeness (QED) is 0.630. The Balaban J connectivity index is 1.68. The largest absolute Gasteiger partial charge is 0.313 e. The number of rotatable bonds is 6. The van der Waals surface area contributed by atoms with Crippen molar-refractivity contribution in [1.29, 1.82) is 0 Å². The maximum Gasteiger partial charge on any atom is 0.270 e. The maximum absolute atomic E-state index is 10.8. The zero-order valence-electron chi connectivity index (χ0n) is 11.9. The number of halogens is 1. The first kappa shape index (κ1) is 14.9. The third kappa shape index (κ3) is 3.81. The average Bonchev–Trinajstić information content (AvgIpc) is 3.18. The standard InChI is InChI=1S/C15H20BrN3O2/c16-15-8-14(19(20)21)4-3-11(15)9-18(13-5-6-13)10-12-2-1-7-17-12/h3-4,8,12-13,17H,1-2,5-7,9-10H2. The summed E-state index contributed by atoms with van der Waals surface area (Å²) >= 11 is 3.48. The third-order valence-electron chi connectivity index (χ3n) is 4.30. The number of hydrogen-bond donors (Lipinski definition) is 1. The van der Waals surface area contributed by atoms with E-state index in [1.165, 1.54) is 25.7 Å². The van der Waals surface area contributed by atoms with Crippen molar-refractivity contribution in [2.75, 3.05) is 13.1 Å². The topological polar surface area (TPSA) is 58.4 Å². The molecular weight excluding hydrogens is 334 g/mol. The number of hydrogen-bond acceptors (Lipinski definition) is 4. The molecule has 1 aliphatic carbocycles. The molecule has 1 aromatic carbocycles. The Kier molecular flexibility index (Phi) is 4.57. The van der Waals surface area contributed by atoms with Gasteiger partial charge in [0.2, 0.25) is 0 Å². The van der Waals surface area contributed by atoms with Gasteiger partial charge in [-0.15, -0.1) is 0 Å². The summed E-state index contributed by atoms with van der Waals surface area (Å²) in [6, 6.07) is 6.37. The van der Waals surface area contributed by atoms with Crippen LogP contribution in [-0.2, 0) is 6.54 Å². The number of non-ortho nitro benzene ring substituents is 1. The van der Waals surface area contributed by atoms with Gasteiger partial charge in [-0.25, -0.2) is 0 Å². The van der Waals surface area contributed by atoms with Crippen molar-refractivity contribution in [2.45, 2.75) is 44.3 Å². The van der Waals surface area contributed by atoms with E-state index >= 15 is 0 Å². The molecule has 1 aromatic rings. The molecule has 5 nitrogen and oxygen atoms in total. The van der Waals surface area contributed by atoms with E-state index in [9.17, 15) is 10.1 Å². The Morgan fingerprint density at radius 1 is 1.38 bits per heavy atom. The van der Waals surface area contributed by atoms with Crippen LogP contribution in [0.4, 0.5) is 5.69 Å². The molecule has 0 bridgehead atoms. The lowest BCUT2D eigenvalue weighted by Gasteiger charge is -2.26. The number of nitro benzene ring substituents is 1. The lowest BCUT2D eigenvalue weighted by molar-refractivity contribution is -0.384. The minimum atomic E-state index is -0.352. The van der Waals surface area contributed by atoms with Crippen molar-refractivity contribution >= 4 is 21.6 Å². The number of nitrogens with zero attached hydrogens (tertiary/aromatic N) is 2. The van der Waals surface area contributed by atoms with Crippen LogP contribution in [0.3, 0.4) is 0 Å². The van der Waals surface area contributed by atoms with Gasteiger partial charge in [0.25, 0.3) is 5.69 Å². The van der Waals surface area contributed by atoms with Crippen LogP contribution in [0.1, 0.15) is 31.2 Å². The second-order valence-corrected chi connectivity index (χ2v) is 6.84. The second-order valence-electron chi connectivity index (χ2n) is 5.99. The van der Waals surface area contributed by atoms with Crippen molar-refractivity contribution in [3.8, 4) is 0 Å². The van der Waals surface area contributed by atoms with Crippen molar-refractivity contribution in [1.82, 2.24) is 10.2 Å². The Bertz CT molecular complexity index is 528. The summed E-state index contributed by atoms with van der Waals surface area (Å²) < 4.78 is 0.835. The third-order valence-corrected chi connectivity index (χ3v) is 5.04. The summed E-state index contributed by atoms with van der Waals surface area (Å²) in [5.74, 6) is 0. The van der Waals surface area contributed by atoms with E-state index in [4.69, 9.17) is 0 Å². The molecule has 0 radical (unpaired) electrons. The van der Waals surface area contributed by atoms with Crippen molar-refractivity contribution < 1.29 is 4.92 Å². The molecule has 114 valence electrons. The monoisotopic (exact) mass is 353 g/mol. The second kappa shape index (κ2) is 6.42. The first-order chi connectivity index (χ1) is 10.1. The molecule has 1 aliphatic heterocycles. The molecule has 1 N–H and O–H groups in total. The van der Waals surface area contributed by atoms with E-state index in [2.05, 4.69) is 26.1 Å². The summed E-state index contributed by atoms with van der Waals surface area (Å²) in [5.41, 5.74) is 1.27. The zero-order chi connectivity index (χ0) is 14.8. The fourth-order valence-electron chi connectivity index (χ4n) is 2.97. The van der Waals surface area contributed by atoms with Crippen LogP contribution in [0, 0.1) is 10.1 Å². The predicted octanol–water partition coefficient (Wildman–Crippen LogP) is 3.07. The molecule has 3 rings (SSSR count). The van der Waals surface area contributed by atoms with Crippen LogP contribution in [0.15, 0.2) is 22.7 Å². The highest BCUT2D eigenvalue weighted by molar-refractivity contribution is 9.10. The molecule has 1 atom stereocenters. The van der Waals surface area contributed by atoms with Crippen molar-refractivity contribution in [3.63, 3.8) is 0 Å². The smallest absolute Gasteiger partial charge is 0.270 e. The van der Waals surface area contributed by atoms with Crippen LogP contribution in [0.25, 0.3) is 0 Å². The molecule has 0 aromatic heterocycles. The van der Waals surface area contributed by atoms with Gasteiger partial charge in [0.05, 0.1) is 4.92 Å². The summed E-state index contributed by atoms with van der Waals surface area (Å²) in [4.78, 5) is 13.0. The minimum absolute atomic E-state index is 0.140. The van der Waals surface area contributed by atoms with Crippen LogP contribution in [0.5, 0.6) is 0 Å². The van der Waals surface area contributed by atoms with Gasteiger partial charge in [-0.3, -0.25) is 15.0 Å². The zero-order valence-corrected chi connectivity index (χ0v) is 13.5. The molecule has 1 saturated heterocycles. The van der Waals surface area contributed by atoms with E-state index in [0.717, 1.165) is 29.7 Å². The first-order valence-corrected chi connectivity index (χ1v) is 8.33. The Labute approximate surface area is 133 Å². The molecule has 0 amide bonds. The van der Waals surface area contributed by atoms with Gasteiger partial charge in [0.15, 0.2) is 0 Å². The lowest BCUT2D eigenvalue weighted by Crippen LogP contribution is -2.38. The summed E-state index contributed by atoms with van der Waals surface area (Å²) in [5, 5.41) is 14.4. The van der Waals surface area contributed by atoms with Crippen LogP contribution in [0.2, 0.25) is 0 Å². The average molecular weight is 354 g/mol. The van der Waals surface area contributed by atoms with E-state index in [-0.39, 0.29) is 10.6 Å². The number of nitrogens with one attached hydrogen (secondary N) is 1. The normalized spacial score (nSPS) is 21.9. The first-order valence-electron chi connectivity index (χ1n) is 7.54. The molecule has 2 fully saturated rings. The Morgan fingerprint density at radius 3 is 2.76 bits per heavy atom. The van der Waals surface area contributed by atoms with Gasteiger partial charge < -0.3 is 5.32 Å². The molecule has 1 unspecified atom stereocenters. The maximum atomic E-state index is 10.8. The van der Waals surface area contributed by atoms with E-state index in [1.807, 2.05) is 6.07 Å². The minimum Gasteiger partial charge on any atom is -0.313 e. The summed E-state index contributed by atoms with van der Waals surface area (Å²) in [6.07, 6.45) is 5.07. The molecule has 6 heteroatoms. The summed E-state index contributed by atoms with van der Waals surface area (Å²) in [7, 11) is 0. The Morgan fingerprint density at radius 2 is 2.19 bits per heavy atom. The SMILES string of the molecule is O=[N+]([O-])c1ccc(CN(CC2CCCN2)C2CC2)c(Br)c1. The highest BCUT2D eigenvalue weighted by Gasteiger charge is 2.31. The van der Waals surface area contributed by atoms with Crippen molar-refractivity contribution in [3.05, 3.63) is 38.3 Å². The number of nitro groups is 1. The predicted molar refractivity (Wildman–Crippen MR) is 85.3 cm³/mol. The molecule has 0 spiro atoms. The van der Waals surface area contributed by atoms with Gasteiger partial charge in [-0.1, -0.05) is 15.9 Å². The van der Waals surface area contributed by atoms with E-state index in [1.54, 1.807) is 12.1 Å². The van der Waals surface area contributed by atoms with E-state index < -0.39 is 0 Å². The Hall–Kier alpha value is -0.980. The lowest BCUT2D eigenvalue weighted by atomic mass is 10.1. The van der Waals surface area contributed by atoms with E-state index in [0.29, 0.717) is 12.1 Å². The van der Waals surface area contributed by atoms with Gasteiger partial charge in [0, 0.05) is 41.8 Å². The molecular formula is C15H20BrN3O2. The van der Waals surface area contributed by atoms with Gasteiger partial charge in [0.1, 0.15) is 0 Å². The molecule has 2 aliphatic rings. The highest BCUT2D eigenvalue weighted by atomic mass is 79.9. The number of benzene rings is 1. The van der Waals surface area contributed by atoms with Crippen LogP contribution >= 0.6 is 15.9 Å². The van der Waals surface area contributed by atoms with Gasteiger partial charge >= 0.3 is 0 Å². The molecule has 21 heavy (non-hydrogen) atoms. The van der Waals surface area contributed by atoms with Crippen LogP contribution < -0.4 is 5.32 Å². The molecule has 1 heterocycles. The van der Waals surface area contributed by atoms with Crippen LogP contribution in [-0.4, -0.2) is 35.0 Å². The molecule has 1 saturated carbocycles. The summed E-state index contributed by atoms with van der Waals surface area (Å²) in [6.45, 7) is 3.07. The van der Waals surface area contributed by atoms with Gasteiger partial charge in [-0.05, 0) is 43.9 Å². The fourth-order valence-corrected chi connectivity index (χ4v) is 3.47.